The van der Waals surface area contributed by atoms with E-state index in [-0.39, 0.29) is 73.8 Å². The topological polar surface area (TPSA) is 195 Å². The van der Waals surface area contributed by atoms with Crippen LogP contribution in [-0.2, 0) is 29.9 Å². The molecule has 1 aromatic heterocycles. The third-order valence-corrected chi connectivity index (χ3v) is 12.4. The van der Waals surface area contributed by atoms with Gasteiger partial charge in [-0.1, -0.05) is 25.3 Å². The highest BCUT2D eigenvalue weighted by atomic mass is 19.3. The number of alkyl halides is 2. The minimum absolute atomic E-state index is 0.0267. The lowest BCUT2D eigenvalue weighted by molar-refractivity contribution is -0.145. The van der Waals surface area contributed by atoms with Crippen LogP contribution >= 0.6 is 0 Å². The van der Waals surface area contributed by atoms with Gasteiger partial charge in [-0.25, -0.2) is 8.78 Å². The van der Waals surface area contributed by atoms with Crippen molar-refractivity contribution in [2.24, 2.45) is 17.6 Å². The third kappa shape index (κ3) is 9.75. The number of likely N-dealkylation sites (tertiary alicyclic amines) is 1. The van der Waals surface area contributed by atoms with Crippen molar-refractivity contribution in [2.75, 3.05) is 13.1 Å². The number of aliphatic hydroxyl groups excluding tert-OH is 1. The highest BCUT2D eigenvalue weighted by molar-refractivity contribution is 6.01. The summed E-state index contributed by atoms with van der Waals surface area (Å²) in [5.74, 6) is -6.35. The summed E-state index contributed by atoms with van der Waals surface area (Å²) in [4.78, 5) is 88.0. The Labute approximate surface area is 325 Å². The van der Waals surface area contributed by atoms with E-state index in [9.17, 15) is 42.7 Å². The molecule has 4 aliphatic rings. The van der Waals surface area contributed by atoms with Crippen LogP contribution in [0.3, 0.4) is 0 Å². The predicted octanol–water partition coefficient (Wildman–Crippen LogP) is 4.20. The van der Waals surface area contributed by atoms with Crippen molar-refractivity contribution in [2.45, 2.75) is 146 Å². The van der Waals surface area contributed by atoms with Crippen molar-refractivity contribution >= 4 is 46.2 Å². The number of nitrogens with zero attached hydrogens (tertiary/aromatic N) is 2. The Kier molecular flexibility index (Phi) is 13.1. The molecule has 2 aromatic rings. The molecule has 1 aliphatic carbocycles. The largest absolute Gasteiger partial charge is 0.393 e. The SMILES string of the molecule is CC(F)(F)c1ccc2[nH]c(C(=O)N[C@H]3CC[C@@H](O)C[C@H]4CC[C@@H](C(=O)N[C@@H](CCC(N)=O)C(=O)C[C@H](C(=O)N5CCCCC5)C5CCCCC5)N4C3=O)cc2c1. The van der Waals surface area contributed by atoms with E-state index in [4.69, 9.17) is 5.73 Å². The van der Waals surface area contributed by atoms with Crippen molar-refractivity contribution in [3.8, 4) is 0 Å². The molecular weight excluding hydrogens is 726 g/mol. The second-order valence-electron chi connectivity index (χ2n) is 16.5. The maximum absolute atomic E-state index is 14.3. The average Bonchev–Trinajstić information content (AvgIpc) is 3.80. The standard InChI is InChI=1S/C41H56F2N6O7/c1-41(42,43)26-10-13-30-25(20-26)21-33(45-30)37(53)47-32-14-12-28(50)22-27-11-16-34(49(27)40(32)56)38(54)46-31(15-17-36(44)52)35(51)23-29(24-8-4-2-5-9-24)39(55)48-18-6-3-7-19-48/h10,13,20-21,24,27-29,31-32,34,45,50H,2-9,11-12,14-19,22-23H2,1H3,(H2,44,52)(H,46,54)(H,47,53)/t27-,28-,29+,31+,32+,34+/m1/s1. The monoisotopic (exact) mass is 782 g/mol. The van der Waals surface area contributed by atoms with E-state index < -0.39 is 65.7 Å². The Morgan fingerprint density at radius 1 is 0.964 bits per heavy atom. The summed E-state index contributed by atoms with van der Waals surface area (Å²) in [7, 11) is 0. The Morgan fingerprint density at radius 2 is 1.68 bits per heavy atom. The summed E-state index contributed by atoms with van der Waals surface area (Å²) in [5.41, 5.74) is 5.79. The second kappa shape index (κ2) is 17.8. The quantitative estimate of drug-likeness (QED) is 0.201. The molecule has 56 heavy (non-hydrogen) atoms. The van der Waals surface area contributed by atoms with Crippen LogP contribution in [-0.4, -0.2) is 98.6 Å². The van der Waals surface area contributed by atoms with Gasteiger partial charge in [0.2, 0.25) is 23.6 Å². The Hall–Kier alpha value is -4.40. The number of benzene rings is 1. The van der Waals surface area contributed by atoms with Crippen molar-refractivity contribution in [3.63, 3.8) is 0 Å². The molecule has 13 nitrogen and oxygen atoms in total. The third-order valence-electron chi connectivity index (χ3n) is 12.4. The second-order valence-corrected chi connectivity index (χ2v) is 16.5. The number of ketones is 1. The number of hydrogen-bond donors (Lipinski definition) is 5. The summed E-state index contributed by atoms with van der Waals surface area (Å²) in [6, 6.07) is 1.70. The molecule has 6 rings (SSSR count). The zero-order valence-electron chi connectivity index (χ0n) is 32.2. The van der Waals surface area contributed by atoms with Crippen LogP contribution < -0.4 is 16.4 Å². The van der Waals surface area contributed by atoms with Crippen LogP contribution in [0, 0.1) is 11.8 Å². The van der Waals surface area contributed by atoms with Crippen LogP contribution in [0.5, 0.6) is 0 Å². The molecule has 15 heteroatoms. The number of carbonyl (C=O) groups is 6. The molecular formula is C41H56F2N6O7. The van der Waals surface area contributed by atoms with Crippen molar-refractivity contribution in [1.82, 2.24) is 25.4 Å². The van der Waals surface area contributed by atoms with Gasteiger partial charge >= 0.3 is 0 Å². The van der Waals surface area contributed by atoms with Gasteiger partial charge in [0.15, 0.2) is 5.78 Å². The molecule has 0 bridgehead atoms. The number of H-pyrrole nitrogens is 1. The molecule has 4 heterocycles. The number of primary amides is 1. The molecule has 3 saturated heterocycles. The number of nitrogens with two attached hydrogens (primary N) is 1. The Morgan fingerprint density at radius 3 is 2.38 bits per heavy atom. The molecule has 0 unspecified atom stereocenters. The zero-order chi connectivity index (χ0) is 40.1. The van der Waals surface area contributed by atoms with E-state index in [1.54, 1.807) is 0 Å². The number of hydrogen-bond acceptors (Lipinski definition) is 7. The van der Waals surface area contributed by atoms with E-state index in [0.29, 0.717) is 30.4 Å². The minimum Gasteiger partial charge on any atom is -0.393 e. The molecule has 306 valence electrons. The Bertz CT molecular complexity index is 1780. The fraction of sp³-hybridized carbons (Fsp3) is 0.659. The fourth-order valence-corrected chi connectivity index (χ4v) is 9.27. The predicted molar refractivity (Wildman–Crippen MR) is 203 cm³/mol. The molecule has 6 atom stereocenters. The van der Waals surface area contributed by atoms with Gasteiger partial charge in [0, 0.05) is 61.3 Å². The van der Waals surface area contributed by atoms with Crippen LogP contribution in [0.2, 0.25) is 0 Å². The summed E-state index contributed by atoms with van der Waals surface area (Å²) in [6.45, 7) is 2.10. The van der Waals surface area contributed by atoms with E-state index in [0.717, 1.165) is 58.3 Å². The van der Waals surface area contributed by atoms with Crippen LogP contribution in [0.4, 0.5) is 8.78 Å². The van der Waals surface area contributed by atoms with Gasteiger partial charge < -0.3 is 36.3 Å². The van der Waals surface area contributed by atoms with E-state index >= 15 is 0 Å². The lowest BCUT2D eigenvalue weighted by atomic mass is 9.76. The number of aromatic nitrogens is 1. The number of piperidine rings is 1. The van der Waals surface area contributed by atoms with E-state index in [1.165, 1.54) is 29.2 Å². The maximum atomic E-state index is 14.3. The molecule has 6 N–H and O–H groups in total. The zero-order valence-corrected chi connectivity index (χ0v) is 32.2. The maximum Gasteiger partial charge on any atom is 0.270 e. The summed E-state index contributed by atoms with van der Waals surface area (Å²) in [6.07, 6.45) is 7.71. The smallest absolute Gasteiger partial charge is 0.270 e. The van der Waals surface area contributed by atoms with Crippen LogP contribution in [0.1, 0.15) is 126 Å². The first kappa shape index (κ1) is 41.2. The molecule has 3 aliphatic heterocycles. The number of halogens is 2. The molecule has 5 amide bonds. The molecule has 1 aromatic carbocycles. The highest BCUT2D eigenvalue weighted by Crippen LogP contribution is 2.36. The molecule has 0 spiro atoms. The minimum atomic E-state index is -3.08. The number of nitrogens with one attached hydrogen (secondary N) is 3. The van der Waals surface area contributed by atoms with Gasteiger partial charge in [-0.3, -0.25) is 28.8 Å². The van der Waals surface area contributed by atoms with Gasteiger partial charge in [-0.2, -0.15) is 0 Å². The first-order valence-electron chi connectivity index (χ1n) is 20.4. The van der Waals surface area contributed by atoms with Crippen molar-refractivity contribution in [3.05, 3.63) is 35.5 Å². The van der Waals surface area contributed by atoms with Gasteiger partial charge in [0.05, 0.1) is 12.1 Å². The summed E-state index contributed by atoms with van der Waals surface area (Å²) in [5, 5.41) is 16.8. The van der Waals surface area contributed by atoms with Gasteiger partial charge in [-0.15, -0.1) is 0 Å². The lowest BCUT2D eigenvalue weighted by Crippen LogP contribution is -2.58. The van der Waals surface area contributed by atoms with Crippen LogP contribution in [0.15, 0.2) is 24.3 Å². The molecule has 0 radical (unpaired) electrons. The number of fused-ring (bicyclic) bond motifs is 2. The number of rotatable bonds is 13. The Balaban J connectivity index is 1.18. The normalized spacial score (nSPS) is 24.8. The first-order chi connectivity index (χ1) is 26.7. The number of aliphatic hydroxyl groups is 1. The summed E-state index contributed by atoms with van der Waals surface area (Å²) >= 11 is 0. The molecule has 4 fully saturated rings. The first-order valence-corrected chi connectivity index (χ1v) is 20.4. The highest BCUT2D eigenvalue weighted by Gasteiger charge is 2.46. The number of carbonyl (C=O) groups excluding carboxylic acids is 6. The summed E-state index contributed by atoms with van der Waals surface area (Å²) < 4.78 is 27.9. The van der Waals surface area contributed by atoms with Crippen molar-refractivity contribution in [1.29, 1.82) is 0 Å². The van der Waals surface area contributed by atoms with Gasteiger partial charge in [-0.05, 0) is 94.7 Å². The number of amides is 5. The molecule has 1 saturated carbocycles. The number of aromatic amines is 1. The average molecular weight is 783 g/mol. The van der Waals surface area contributed by atoms with Gasteiger partial charge in [0.1, 0.15) is 17.8 Å². The van der Waals surface area contributed by atoms with E-state index in [2.05, 4.69) is 15.6 Å². The lowest BCUT2D eigenvalue weighted by Gasteiger charge is -2.37. The number of Topliss-reactive ketones (excluding diaryl/α,β-unsaturated/α-hetero) is 1. The van der Waals surface area contributed by atoms with Crippen LogP contribution in [0.25, 0.3) is 10.9 Å². The fourth-order valence-electron chi connectivity index (χ4n) is 9.27. The van der Waals surface area contributed by atoms with Gasteiger partial charge in [0.25, 0.3) is 11.8 Å². The van der Waals surface area contributed by atoms with E-state index in [1.807, 2.05) is 4.90 Å². The van der Waals surface area contributed by atoms with Crippen molar-refractivity contribution < 1.29 is 42.7 Å².